The fourth-order valence-corrected chi connectivity index (χ4v) is 4.16. The molecular weight excluding hydrogens is 386 g/mol. The maximum absolute atomic E-state index is 13.3. The van der Waals surface area contributed by atoms with Gasteiger partial charge in [-0.1, -0.05) is 72.3 Å². The molecule has 0 unspecified atom stereocenters. The van der Waals surface area contributed by atoms with E-state index in [1.807, 2.05) is 61.5 Å². The summed E-state index contributed by atoms with van der Waals surface area (Å²) in [4.78, 5) is 18.2. The Morgan fingerprint density at radius 1 is 1.00 bits per heavy atom. The van der Waals surface area contributed by atoms with Gasteiger partial charge < -0.3 is 10.1 Å². The van der Waals surface area contributed by atoms with Crippen LogP contribution in [0.4, 0.5) is 5.95 Å². The number of para-hydroxylation sites is 2. The van der Waals surface area contributed by atoms with Gasteiger partial charge in [0.1, 0.15) is 0 Å². The van der Waals surface area contributed by atoms with Crippen molar-refractivity contribution in [3.63, 3.8) is 0 Å². The monoisotopic (exact) mass is 409 g/mol. The standard InChI is InChI=1S/C26H23N3O2/c1-3-31-25(30)22-23(18-9-5-4-6-10-18)28-26-27-20-11-7-8-12-21(20)29(26)24(22)19-15-13-17(2)14-16-19/h4-16,24H,3H2,1-2H3,(H,27,28)/t24-/m0/s1. The molecule has 0 amide bonds. The van der Waals surface area contributed by atoms with Crippen molar-refractivity contribution in [2.75, 3.05) is 11.9 Å². The lowest BCUT2D eigenvalue weighted by Gasteiger charge is -2.31. The normalized spacial score (nSPS) is 15.5. The average Bonchev–Trinajstić information content (AvgIpc) is 3.17. The van der Waals surface area contributed by atoms with Crippen molar-refractivity contribution in [3.8, 4) is 0 Å². The SMILES string of the molecule is CCOC(=O)C1=C(c2ccccc2)Nc2nc3ccccc3n2[C@H]1c1ccc(C)cc1. The summed E-state index contributed by atoms with van der Waals surface area (Å²) >= 11 is 0. The van der Waals surface area contributed by atoms with Crippen LogP contribution in [0.3, 0.4) is 0 Å². The first-order valence-electron chi connectivity index (χ1n) is 10.4. The van der Waals surface area contributed by atoms with Crippen molar-refractivity contribution >= 4 is 28.6 Å². The van der Waals surface area contributed by atoms with E-state index in [0.717, 1.165) is 27.9 Å². The van der Waals surface area contributed by atoms with Gasteiger partial charge in [0.05, 0.1) is 35.0 Å². The molecule has 5 rings (SSSR count). The number of nitrogens with zero attached hydrogens (tertiary/aromatic N) is 2. The summed E-state index contributed by atoms with van der Waals surface area (Å²) in [5.41, 5.74) is 6.23. The van der Waals surface area contributed by atoms with Gasteiger partial charge >= 0.3 is 5.97 Å². The van der Waals surface area contributed by atoms with Crippen LogP contribution in [0.15, 0.2) is 84.4 Å². The fourth-order valence-electron chi connectivity index (χ4n) is 4.16. The maximum atomic E-state index is 13.3. The molecule has 3 aromatic carbocycles. The summed E-state index contributed by atoms with van der Waals surface area (Å²) in [7, 11) is 0. The van der Waals surface area contributed by atoms with Crippen LogP contribution in [-0.4, -0.2) is 22.1 Å². The van der Waals surface area contributed by atoms with Crippen LogP contribution in [0.5, 0.6) is 0 Å². The van der Waals surface area contributed by atoms with Crippen molar-refractivity contribution in [1.82, 2.24) is 9.55 Å². The molecule has 1 aliphatic rings. The van der Waals surface area contributed by atoms with Gasteiger partial charge in [-0.05, 0) is 37.1 Å². The molecule has 1 atom stereocenters. The Balaban J connectivity index is 1.83. The number of hydrogen-bond donors (Lipinski definition) is 1. The quantitative estimate of drug-likeness (QED) is 0.463. The zero-order chi connectivity index (χ0) is 21.4. The predicted octanol–water partition coefficient (Wildman–Crippen LogP) is 5.33. The number of nitrogens with one attached hydrogen (secondary N) is 1. The minimum Gasteiger partial charge on any atom is -0.463 e. The lowest BCUT2D eigenvalue weighted by Crippen LogP contribution is -2.29. The number of carbonyl (C=O) groups is 1. The third-order valence-electron chi connectivity index (χ3n) is 5.58. The summed E-state index contributed by atoms with van der Waals surface area (Å²) in [5, 5.41) is 3.43. The Bertz CT molecular complexity index is 1290. The summed E-state index contributed by atoms with van der Waals surface area (Å²) in [5.74, 6) is 0.376. The van der Waals surface area contributed by atoms with Crippen molar-refractivity contribution in [3.05, 3.63) is 101 Å². The Morgan fingerprint density at radius 2 is 1.71 bits per heavy atom. The molecule has 1 N–H and O–H groups in total. The Morgan fingerprint density at radius 3 is 2.45 bits per heavy atom. The van der Waals surface area contributed by atoms with Gasteiger partial charge in [0.2, 0.25) is 5.95 Å². The van der Waals surface area contributed by atoms with Crippen LogP contribution >= 0.6 is 0 Å². The number of carbonyl (C=O) groups excluding carboxylic acids is 1. The Labute approximate surface area is 181 Å². The number of fused-ring (bicyclic) bond motifs is 3. The summed E-state index contributed by atoms with van der Waals surface area (Å²) < 4.78 is 7.64. The van der Waals surface area contributed by atoms with Crippen molar-refractivity contribution in [2.24, 2.45) is 0 Å². The first kappa shape index (κ1) is 19.1. The lowest BCUT2D eigenvalue weighted by atomic mass is 9.92. The van der Waals surface area contributed by atoms with Gasteiger partial charge in [0.15, 0.2) is 0 Å². The largest absolute Gasteiger partial charge is 0.463 e. The lowest BCUT2D eigenvalue weighted by molar-refractivity contribution is -0.138. The van der Waals surface area contributed by atoms with Gasteiger partial charge in [-0.15, -0.1) is 0 Å². The summed E-state index contributed by atoms with van der Waals surface area (Å²) in [6.45, 7) is 4.19. The molecule has 1 aromatic heterocycles. The molecular formula is C26H23N3O2. The second-order valence-corrected chi connectivity index (χ2v) is 7.61. The number of hydrogen-bond acceptors (Lipinski definition) is 4. The van der Waals surface area contributed by atoms with E-state index in [1.165, 1.54) is 5.56 Å². The number of imidazole rings is 1. The molecule has 0 saturated heterocycles. The number of aromatic nitrogens is 2. The first-order chi connectivity index (χ1) is 15.2. The Hall–Kier alpha value is -3.86. The van der Waals surface area contributed by atoms with E-state index in [4.69, 9.17) is 9.72 Å². The van der Waals surface area contributed by atoms with E-state index in [1.54, 1.807) is 0 Å². The number of aryl methyl sites for hydroxylation is 1. The zero-order valence-corrected chi connectivity index (χ0v) is 17.5. The van der Waals surface area contributed by atoms with Gasteiger partial charge in [-0.25, -0.2) is 9.78 Å². The Kier molecular flexibility index (Phi) is 4.79. The van der Waals surface area contributed by atoms with Crippen molar-refractivity contribution < 1.29 is 9.53 Å². The molecule has 31 heavy (non-hydrogen) atoms. The first-order valence-corrected chi connectivity index (χ1v) is 10.4. The summed E-state index contributed by atoms with van der Waals surface area (Å²) in [6, 6.07) is 25.8. The molecule has 0 aliphatic carbocycles. The van der Waals surface area contributed by atoms with E-state index in [9.17, 15) is 4.79 Å². The van der Waals surface area contributed by atoms with E-state index >= 15 is 0 Å². The molecule has 5 nitrogen and oxygen atoms in total. The average molecular weight is 409 g/mol. The molecule has 0 bridgehead atoms. The van der Waals surface area contributed by atoms with Gasteiger partial charge in [0.25, 0.3) is 0 Å². The number of anilines is 1. The highest BCUT2D eigenvalue weighted by atomic mass is 16.5. The van der Waals surface area contributed by atoms with Crippen molar-refractivity contribution in [2.45, 2.75) is 19.9 Å². The minimum absolute atomic E-state index is 0.308. The number of ether oxygens (including phenoxy) is 1. The third kappa shape index (κ3) is 3.28. The van der Waals surface area contributed by atoms with Crippen LogP contribution in [0, 0.1) is 6.92 Å². The van der Waals surface area contributed by atoms with Crippen LogP contribution in [0.1, 0.15) is 29.7 Å². The van der Waals surface area contributed by atoms with E-state index in [2.05, 4.69) is 41.1 Å². The maximum Gasteiger partial charge on any atom is 0.338 e. The van der Waals surface area contributed by atoms with E-state index in [0.29, 0.717) is 18.1 Å². The number of benzene rings is 3. The predicted molar refractivity (Wildman–Crippen MR) is 123 cm³/mol. The van der Waals surface area contributed by atoms with Gasteiger partial charge in [-0.3, -0.25) is 4.57 Å². The minimum atomic E-state index is -0.362. The summed E-state index contributed by atoms with van der Waals surface area (Å²) in [6.07, 6.45) is 0. The van der Waals surface area contributed by atoms with Crippen molar-refractivity contribution in [1.29, 1.82) is 0 Å². The fraction of sp³-hybridized carbons (Fsp3) is 0.154. The molecule has 0 fully saturated rings. The van der Waals surface area contributed by atoms with Crippen LogP contribution < -0.4 is 5.32 Å². The highest BCUT2D eigenvalue weighted by Crippen LogP contribution is 2.42. The number of rotatable bonds is 4. The highest BCUT2D eigenvalue weighted by molar-refractivity contribution is 6.03. The van der Waals surface area contributed by atoms with Crippen LogP contribution in [0.2, 0.25) is 0 Å². The molecule has 0 spiro atoms. The van der Waals surface area contributed by atoms with Crippen LogP contribution in [-0.2, 0) is 9.53 Å². The van der Waals surface area contributed by atoms with E-state index < -0.39 is 0 Å². The molecule has 0 saturated carbocycles. The molecule has 2 heterocycles. The third-order valence-corrected chi connectivity index (χ3v) is 5.58. The molecule has 154 valence electrons. The zero-order valence-electron chi connectivity index (χ0n) is 17.5. The second-order valence-electron chi connectivity index (χ2n) is 7.61. The smallest absolute Gasteiger partial charge is 0.338 e. The van der Waals surface area contributed by atoms with E-state index in [-0.39, 0.29) is 12.0 Å². The number of esters is 1. The van der Waals surface area contributed by atoms with Crippen LogP contribution in [0.25, 0.3) is 16.7 Å². The topological polar surface area (TPSA) is 56.1 Å². The molecule has 4 aromatic rings. The molecule has 0 radical (unpaired) electrons. The molecule has 5 heteroatoms. The molecule has 1 aliphatic heterocycles. The van der Waals surface area contributed by atoms with Gasteiger partial charge in [0, 0.05) is 0 Å². The van der Waals surface area contributed by atoms with Gasteiger partial charge in [-0.2, -0.15) is 0 Å². The second kappa shape index (κ2) is 7.76. The highest BCUT2D eigenvalue weighted by Gasteiger charge is 2.36.